The minimum absolute atomic E-state index is 0.0226. The average Bonchev–Trinajstić information content (AvgIpc) is 2.59. The van der Waals surface area contributed by atoms with Crippen LogP contribution in [0.3, 0.4) is 0 Å². The first-order valence-corrected chi connectivity index (χ1v) is 10.3. The van der Waals surface area contributed by atoms with Crippen molar-refractivity contribution in [2.75, 3.05) is 13.1 Å². The van der Waals surface area contributed by atoms with Crippen molar-refractivity contribution < 1.29 is 27.8 Å². The van der Waals surface area contributed by atoms with Crippen LogP contribution in [-0.2, 0) is 11.0 Å². The number of hydrogen-bond donors (Lipinski definition) is 1. The maximum absolute atomic E-state index is 12.8. The molecule has 4 nitrogen and oxygen atoms in total. The molecule has 1 spiro atoms. The van der Waals surface area contributed by atoms with E-state index in [0.717, 1.165) is 50.9 Å². The number of aliphatic hydroxyl groups is 1. The maximum atomic E-state index is 12.8. The van der Waals surface area contributed by atoms with Gasteiger partial charge in [0.15, 0.2) is 0 Å². The van der Waals surface area contributed by atoms with Crippen molar-refractivity contribution in [1.82, 2.24) is 4.90 Å². The van der Waals surface area contributed by atoms with Crippen LogP contribution in [0.4, 0.5) is 13.2 Å². The van der Waals surface area contributed by atoms with Crippen LogP contribution >= 0.6 is 0 Å². The molecule has 0 unspecified atom stereocenters. The van der Waals surface area contributed by atoms with Gasteiger partial charge in [0, 0.05) is 19.0 Å². The molecular weight excluding hydrogens is 383 g/mol. The average molecular weight is 411 g/mol. The SMILES string of the molecule is Cc1cc(C(F)(F)F)ccc1OC1CC2(CCN(C(=O)C3CC(C)(O)C3)CC2)C1. The minimum Gasteiger partial charge on any atom is -0.490 e. The highest BCUT2D eigenvalue weighted by molar-refractivity contribution is 5.80. The Morgan fingerprint density at radius 1 is 1.17 bits per heavy atom. The third-order valence-electron chi connectivity index (χ3n) is 6.97. The van der Waals surface area contributed by atoms with Crippen LogP contribution in [0.1, 0.15) is 56.6 Å². The molecule has 0 atom stereocenters. The summed E-state index contributed by atoms with van der Waals surface area (Å²) in [6.07, 6.45) is 0.424. The molecular formula is C22H28F3NO3. The summed E-state index contributed by atoms with van der Waals surface area (Å²) in [4.78, 5) is 14.5. The number of piperidine rings is 1. The van der Waals surface area contributed by atoms with Crippen LogP contribution in [0.15, 0.2) is 18.2 Å². The van der Waals surface area contributed by atoms with Crippen molar-refractivity contribution >= 4 is 5.91 Å². The van der Waals surface area contributed by atoms with E-state index in [1.165, 1.54) is 6.07 Å². The van der Waals surface area contributed by atoms with E-state index in [2.05, 4.69) is 0 Å². The molecule has 0 bridgehead atoms. The molecule has 29 heavy (non-hydrogen) atoms. The van der Waals surface area contributed by atoms with Gasteiger partial charge in [0.2, 0.25) is 5.91 Å². The molecule has 1 aromatic carbocycles. The summed E-state index contributed by atoms with van der Waals surface area (Å²) in [5, 5.41) is 9.85. The van der Waals surface area contributed by atoms with Crippen molar-refractivity contribution in [2.45, 2.75) is 70.3 Å². The number of alkyl halides is 3. The molecule has 160 valence electrons. The number of aryl methyl sites for hydroxylation is 1. The molecule has 1 amide bonds. The van der Waals surface area contributed by atoms with Gasteiger partial charge in [-0.3, -0.25) is 4.79 Å². The highest BCUT2D eigenvalue weighted by Crippen LogP contribution is 2.51. The smallest absolute Gasteiger partial charge is 0.416 e. The molecule has 0 radical (unpaired) electrons. The predicted molar refractivity (Wildman–Crippen MR) is 101 cm³/mol. The number of likely N-dealkylation sites (tertiary alicyclic amines) is 1. The molecule has 1 saturated heterocycles. The van der Waals surface area contributed by atoms with Crippen LogP contribution in [0.2, 0.25) is 0 Å². The topological polar surface area (TPSA) is 49.8 Å². The Balaban J connectivity index is 1.26. The quantitative estimate of drug-likeness (QED) is 0.806. The van der Waals surface area contributed by atoms with E-state index in [4.69, 9.17) is 4.74 Å². The van der Waals surface area contributed by atoms with Gasteiger partial charge >= 0.3 is 6.18 Å². The third kappa shape index (κ3) is 4.11. The number of halogens is 3. The summed E-state index contributed by atoms with van der Waals surface area (Å²) in [6.45, 7) is 4.89. The molecule has 2 aliphatic carbocycles. The minimum atomic E-state index is -4.34. The zero-order chi connectivity index (χ0) is 21.0. The first kappa shape index (κ1) is 20.5. The summed E-state index contributed by atoms with van der Waals surface area (Å²) in [6, 6.07) is 3.61. The molecule has 1 heterocycles. The van der Waals surface area contributed by atoms with Crippen LogP contribution in [0.25, 0.3) is 0 Å². The number of nitrogens with zero attached hydrogens (tertiary/aromatic N) is 1. The van der Waals surface area contributed by atoms with E-state index >= 15 is 0 Å². The van der Waals surface area contributed by atoms with Crippen molar-refractivity contribution in [1.29, 1.82) is 0 Å². The second kappa shape index (κ2) is 6.89. The van der Waals surface area contributed by atoms with E-state index < -0.39 is 17.3 Å². The van der Waals surface area contributed by atoms with Crippen LogP contribution < -0.4 is 4.74 Å². The second-order valence-electron chi connectivity index (χ2n) is 9.55. The molecule has 2 saturated carbocycles. The van der Waals surface area contributed by atoms with Gasteiger partial charge in [0.25, 0.3) is 0 Å². The van der Waals surface area contributed by atoms with Gasteiger partial charge < -0.3 is 14.7 Å². The van der Waals surface area contributed by atoms with Crippen molar-refractivity contribution in [3.8, 4) is 5.75 Å². The van der Waals surface area contributed by atoms with E-state index in [1.54, 1.807) is 13.8 Å². The number of benzene rings is 1. The zero-order valence-corrected chi connectivity index (χ0v) is 16.9. The van der Waals surface area contributed by atoms with E-state index in [0.29, 0.717) is 24.2 Å². The van der Waals surface area contributed by atoms with E-state index in [9.17, 15) is 23.1 Å². The lowest BCUT2D eigenvalue weighted by Crippen LogP contribution is -2.55. The van der Waals surface area contributed by atoms with E-state index in [1.807, 2.05) is 4.90 Å². The first-order chi connectivity index (χ1) is 13.5. The first-order valence-electron chi connectivity index (χ1n) is 10.3. The van der Waals surface area contributed by atoms with Gasteiger partial charge in [-0.2, -0.15) is 13.2 Å². The van der Waals surface area contributed by atoms with Crippen LogP contribution in [0.5, 0.6) is 5.75 Å². The van der Waals surface area contributed by atoms with Crippen molar-refractivity contribution in [2.24, 2.45) is 11.3 Å². The standard InChI is InChI=1S/C22H28F3NO3/c1-14-9-16(22(23,24)25)3-4-18(14)29-17-12-21(13-17)5-7-26(8-6-21)19(27)15-10-20(2,28)11-15/h3-4,9,15,17,28H,5-8,10-13H2,1-2H3. The van der Waals surface area contributed by atoms with Crippen LogP contribution in [-0.4, -0.2) is 40.7 Å². The fourth-order valence-electron chi connectivity index (χ4n) is 5.17. The molecule has 1 aromatic rings. The summed E-state index contributed by atoms with van der Waals surface area (Å²) in [5.74, 6) is 0.639. The Morgan fingerprint density at radius 3 is 2.31 bits per heavy atom. The summed E-state index contributed by atoms with van der Waals surface area (Å²) in [5.41, 5.74) is -0.659. The zero-order valence-electron chi connectivity index (χ0n) is 16.9. The lowest BCUT2D eigenvalue weighted by molar-refractivity contribution is -0.154. The number of ether oxygens (including phenoxy) is 1. The molecule has 0 aromatic heterocycles. The Kier molecular flexibility index (Phi) is 4.88. The number of carbonyl (C=O) groups is 1. The molecule has 3 fully saturated rings. The van der Waals surface area contributed by atoms with Crippen LogP contribution in [0, 0.1) is 18.3 Å². The predicted octanol–water partition coefficient (Wildman–Crippen LogP) is 4.32. The fourth-order valence-corrected chi connectivity index (χ4v) is 5.17. The maximum Gasteiger partial charge on any atom is 0.416 e. The summed E-state index contributed by atoms with van der Waals surface area (Å²) in [7, 11) is 0. The highest BCUT2D eigenvalue weighted by Gasteiger charge is 2.49. The number of hydrogen-bond acceptors (Lipinski definition) is 3. The Morgan fingerprint density at radius 2 is 1.79 bits per heavy atom. The second-order valence-corrected chi connectivity index (χ2v) is 9.55. The largest absolute Gasteiger partial charge is 0.490 e. The highest BCUT2D eigenvalue weighted by atomic mass is 19.4. The third-order valence-corrected chi connectivity index (χ3v) is 6.97. The molecule has 3 aliphatic rings. The molecule has 7 heteroatoms. The Labute approximate surface area is 169 Å². The van der Waals surface area contributed by atoms with Crippen molar-refractivity contribution in [3.63, 3.8) is 0 Å². The number of amides is 1. The van der Waals surface area contributed by atoms with Gasteiger partial charge in [-0.25, -0.2) is 0 Å². The Hall–Kier alpha value is -1.76. The molecule has 1 aliphatic heterocycles. The number of carbonyl (C=O) groups excluding carboxylic acids is 1. The van der Waals surface area contributed by atoms with Gasteiger partial charge in [0.05, 0.1) is 17.3 Å². The normalized spacial score (nSPS) is 29.3. The van der Waals surface area contributed by atoms with Gasteiger partial charge in [-0.05, 0) is 81.5 Å². The van der Waals surface area contributed by atoms with Gasteiger partial charge in [-0.15, -0.1) is 0 Å². The lowest BCUT2D eigenvalue weighted by Gasteiger charge is -2.52. The fraction of sp³-hybridized carbons (Fsp3) is 0.682. The lowest BCUT2D eigenvalue weighted by atomic mass is 9.61. The molecule has 4 rings (SSSR count). The van der Waals surface area contributed by atoms with Gasteiger partial charge in [0.1, 0.15) is 5.75 Å². The Bertz CT molecular complexity index is 781. The van der Waals surface area contributed by atoms with Gasteiger partial charge in [-0.1, -0.05) is 0 Å². The number of rotatable bonds is 3. The molecule has 1 N–H and O–H groups in total. The van der Waals surface area contributed by atoms with E-state index in [-0.39, 0.29) is 23.3 Å². The monoisotopic (exact) mass is 411 g/mol. The van der Waals surface area contributed by atoms with Crippen molar-refractivity contribution in [3.05, 3.63) is 29.3 Å². The summed E-state index contributed by atoms with van der Waals surface area (Å²) < 4.78 is 44.4. The summed E-state index contributed by atoms with van der Waals surface area (Å²) >= 11 is 0.